The first kappa shape index (κ1) is 13.9. The predicted molar refractivity (Wildman–Crippen MR) is 80.2 cm³/mol. The van der Waals surface area contributed by atoms with Crippen molar-refractivity contribution in [3.05, 3.63) is 10.6 Å². The lowest BCUT2D eigenvalue weighted by Crippen LogP contribution is -2.26. The molecular weight excluding hydrogens is 264 g/mol. The van der Waals surface area contributed by atoms with Crippen molar-refractivity contribution >= 4 is 34.5 Å². The third-order valence-electron chi connectivity index (χ3n) is 3.27. The Labute approximate surface area is 117 Å². The molecule has 1 aliphatic rings. The van der Waals surface area contributed by atoms with Crippen molar-refractivity contribution in [3.63, 3.8) is 0 Å². The number of thiazole rings is 1. The van der Waals surface area contributed by atoms with Gasteiger partial charge in [-0.25, -0.2) is 4.98 Å². The standard InChI is InChI=1S/C13H20N2OS2/c1-4-10-11(9-16)18-12(14-10)15-6-5-13(2,3)17-8-7-15/h9H,4-8H2,1-3H3. The molecule has 1 aromatic rings. The second-order valence-corrected chi connectivity index (χ2v) is 7.94. The third kappa shape index (κ3) is 3.06. The normalized spacial score (nSPS) is 19.6. The highest BCUT2D eigenvalue weighted by atomic mass is 32.2. The zero-order valence-corrected chi connectivity index (χ0v) is 12.9. The van der Waals surface area contributed by atoms with Gasteiger partial charge in [-0.1, -0.05) is 32.1 Å². The number of aldehydes is 1. The fraction of sp³-hybridized carbons (Fsp3) is 0.692. The molecule has 1 fully saturated rings. The van der Waals surface area contributed by atoms with E-state index >= 15 is 0 Å². The molecule has 0 amide bonds. The topological polar surface area (TPSA) is 33.2 Å². The third-order valence-corrected chi connectivity index (χ3v) is 5.72. The molecule has 0 saturated carbocycles. The Morgan fingerprint density at radius 2 is 2.22 bits per heavy atom. The molecule has 3 nitrogen and oxygen atoms in total. The van der Waals surface area contributed by atoms with Crippen LogP contribution in [0.15, 0.2) is 0 Å². The van der Waals surface area contributed by atoms with Crippen LogP contribution in [0.1, 0.15) is 42.6 Å². The van der Waals surface area contributed by atoms with E-state index < -0.39 is 0 Å². The smallest absolute Gasteiger partial charge is 0.186 e. The van der Waals surface area contributed by atoms with Crippen molar-refractivity contribution in [1.82, 2.24) is 4.98 Å². The van der Waals surface area contributed by atoms with E-state index in [0.717, 1.165) is 53.7 Å². The minimum Gasteiger partial charge on any atom is -0.347 e. The molecule has 0 bridgehead atoms. The fourth-order valence-electron chi connectivity index (χ4n) is 2.04. The first-order chi connectivity index (χ1) is 8.55. The largest absolute Gasteiger partial charge is 0.347 e. The maximum absolute atomic E-state index is 11.0. The molecule has 0 atom stereocenters. The van der Waals surface area contributed by atoms with E-state index in [9.17, 15) is 4.79 Å². The van der Waals surface area contributed by atoms with Gasteiger partial charge in [0, 0.05) is 23.6 Å². The summed E-state index contributed by atoms with van der Waals surface area (Å²) in [7, 11) is 0. The number of rotatable bonds is 3. The Kier molecular flexibility index (Phi) is 4.33. The summed E-state index contributed by atoms with van der Waals surface area (Å²) in [5, 5.41) is 1.02. The van der Waals surface area contributed by atoms with E-state index in [0.29, 0.717) is 4.75 Å². The van der Waals surface area contributed by atoms with Gasteiger partial charge < -0.3 is 4.90 Å². The highest BCUT2D eigenvalue weighted by Gasteiger charge is 2.25. The predicted octanol–water partition coefficient (Wildman–Crippen LogP) is 3.24. The van der Waals surface area contributed by atoms with Crippen molar-refractivity contribution in [2.45, 2.75) is 38.4 Å². The SMILES string of the molecule is CCc1nc(N2CCSC(C)(C)CC2)sc1C=O. The van der Waals surface area contributed by atoms with Gasteiger partial charge in [-0.3, -0.25) is 4.79 Å². The van der Waals surface area contributed by atoms with Gasteiger partial charge in [-0.2, -0.15) is 11.8 Å². The summed E-state index contributed by atoms with van der Waals surface area (Å²) in [6.45, 7) is 8.72. The van der Waals surface area contributed by atoms with Crippen LogP contribution in [0.2, 0.25) is 0 Å². The molecule has 2 heterocycles. The van der Waals surface area contributed by atoms with Crippen molar-refractivity contribution in [2.24, 2.45) is 0 Å². The van der Waals surface area contributed by atoms with Gasteiger partial charge in [0.2, 0.25) is 0 Å². The molecule has 100 valence electrons. The minimum atomic E-state index is 0.354. The Morgan fingerprint density at radius 1 is 1.44 bits per heavy atom. The van der Waals surface area contributed by atoms with E-state index in [-0.39, 0.29) is 0 Å². The lowest BCUT2D eigenvalue weighted by atomic mass is 10.1. The summed E-state index contributed by atoms with van der Waals surface area (Å²) >= 11 is 3.57. The zero-order valence-electron chi connectivity index (χ0n) is 11.2. The van der Waals surface area contributed by atoms with Crippen LogP contribution in [0.25, 0.3) is 0 Å². The Bertz CT molecular complexity index is 429. The molecule has 5 heteroatoms. The van der Waals surface area contributed by atoms with Crippen molar-refractivity contribution in [2.75, 3.05) is 23.7 Å². The number of hydrogen-bond acceptors (Lipinski definition) is 5. The summed E-state index contributed by atoms with van der Waals surface area (Å²) in [6.07, 6.45) is 2.93. The van der Waals surface area contributed by atoms with Crippen LogP contribution in [0, 0.1) is 0 Å². The lowest BCUT2D eigenvalue weighted by Gasteiger charge is -2.22. The average molecular weight is 284 g/mol. The number of aromatic nitrogens is 1. The van der Waals surface area contributed by atoms with Crippen LogP contribution in [0.4, 0.5) is 5.13 Å². The summed E-state index contributed by atoms with van der Waals surface area (Å²) in [5.41, 5.74) is 0.946. The molecule has 0 aromatic carbocycles. The first-order valence-corrected chi connectivity index (χ1v) is 8.20. The summed E-state index contributed by atoms with van der Waals surface area (Å²) < 4.78 is 0.354. The quantitative estimate of drug-likeness (QED) is 0.798. The number of nitrogens with zero attached hydrogens (tertiary/aromatic N) is 2. The van der Waals surface area contributed by atoms with Gasteiger partial charge >= 0.3 is 0 Å². The summed E-state index contributed by atoms with van der Waals surface area (Å²) in [6, 6.07) is 0. The Morgan fingerprint density at radius 3 is 2.83 bits per heavy atom. The minimum absolute atomic E-state index is 0.354. The maximum Gasteiger partial charge on any atom is 0.186 e. The van der Waals surface area contributed by atoms with E-state index in [1.165, 1.54) is 11.3 Å². The highest BCUT2D eigenvalue weighted by Crippen LogP contribution is 2.34. The molecule has 18 heavy (non-hydrogen) atoms. The molecular formula is C13H20N2OS2. The van der Waals surface area contributed by atoms with Crippen LogP contribution in [-0.4, -0.2) is 34.9 Å². The highest BCUT2D eigenvalue weighted by molar-refractivity contribution is 8.00. The van der Waals surface area contributed by atoms with Crippen molar-refractivity contribution in [3.8, 4) is 0 Å². The van der Waals surface area contributed by atoms with Gasteiger partial charge in [-0.05, 0) is 12.8 Å². The number of hydrogen-bond donors (Lipinski definition) is 0. The first-order valence-electron chi connectivity index (χ1n) is 6.39. The van der Waals surface area contributed by atoms with Crippen LogP contribution >= 0.6 is 23.1 Å². The number of thioether (sulfide) groups is 1. The van der Waals surface area contributed by atoms with Gasteiger partial charge in [0.25, 0.3) is 0 Å². The molecule has 1 saturated heterocycles. The zero-order chi connectivity index (χ0) is 13.2. The van der Waals surface area contributed by atoms with Crippen LogP contribution in [0.3, 0.4) is 0 Å². The van der Waals surface area contributed by atoms with Crippen LogP contribution < -0.4 is 4.90 Å². The van der Waals surface area contributed by atoms with Gasteiger partial charge in [0.1, 0.15) is 0 Å². The Balaban J connectivity index is 2.16. The van der Waals surface area contributed by atoms with Crippen molar-refractivity contribution < 1.29 is 4.79 Å². The fourth-order valence-corrected chi connectivity index (χ4v) is 4.16. The second-order valence-electron chi connectivity index (χ2n) is 5.12. The Hall–Kier alpha value is -0.550. The van der Waals surface area contributed by atoms with Gasteiger partial charge in [0.15, 0.2) is 11.4 Å². The van der Waals surface area contributed by atoms with E-state index in [1.807, 2.05) is 18.7 Å². The summed E-state index contributed by atoms with van der Waals surface area (Å²) in [4.78, 5) is 18.7. The second kappa shape index (κ2) is 5.61. The van der Waals surface area contributed by atoms with E-state index in [4.69, 9.17) is 0 Å². The molecule has 2 rings (SSSR count). The molecule has 0 radical (unpaired) electrons. The lowest BCUT2D eigenvalue weighted by molar-refractivity contribution is 0.112. The monoisotopic (exact) mass is 284 g/mol. The van der Waals surface area contributed by atoms with Crippen LogP contribution in [0.5, 0.6) is 0 Å². The number of aryl methyl sites for hydroxylation is 1. The summed E-state index contributed by atoms with van der Waals surface area (Å²) in [5.74, 6) is 1.13. The molecule has 0 N–H and O–H groups in total. The maximum atomic E-state index is 11.0. The van der Waals surface area contributed by atoms with E-state index in [1.54, 1.807) is 0 Å². The van der Waals surface area contributed by atoms with E-state index in [2.05, 4.69) is 23.7 Å². The number of carbonyl (C=O) groups is 1. The average Bonchev–Trinajstić information content (AvgIpc) is 2.67. The van der Waals surface area contributed by atoms with Gasteiger partial charge in [0.05, 0.1) is 10.6 Å². The molecule has 1 aliphatic heterocycles. The van der Waals surface area contributed by atoms with Gasteiger partial charge in [-0.15, -0.1) is 0 Å². The number of carbonyl (C=O) groups excluding carboxylic acids is 1. The molecule has 0 spiro atoms. The number of anilines is 1. The molecule has 1 aromatic heterocycles. The van der Waals surface area contributed by atoms with Crippen molar-refractivity contribution in [1.29, 1.82) is 0 Å². The molecule has 0 unspecified atom stereocenters. The van der Waals surface area contributed by atoms with Crippen LogP contribution in [-0.2, 0) is 6.42 Å². The molecule has 0 aliphatic carbocycles.